The molecule has 8 nitrogen and oxygen atoms in total. The lowest BCUT2D eigenvalue weighted by molar-refractivity contribution is -0.127. The summed E-state index contributed by atoms with van der Waals surface area (Å²) >= 11 is 0. The maximum absolute atomic E-state index is 12.0. The molecule has 0 aromatic carbocycles. The van der Waals surface area contributed by atoms with Crippen LogP contribution in [-0.4, -0.2) is 43.7 Å². The van der Waals surface area contributed by atoms with Gasteiger partial charge in [0.15, 0.2) is 9.84 Å². The van der Waals surface area contributed by atoms with Crippen molar-refractivity contribution in [2.75, 3.05) is 12.3 Å². The zero-order chi connectivity index (χ0) is 16.2. The second-order valence-electron chi connectivity index (χ2n) is 5.37. The first-order valence-electron chi connectivity index (χ1n) is 7.05. The van der Waals surface area contributed by atoms with Crippen LogP contribution in [0.3, 0.4) is 0 Å². The monoisotopic (exact) mass is 329 g/mol. The molecule has 2 amide bonds. The van der Waals surface area contributed by atoms with Gasteiger partial charge < -0.3 is 15.2 Å². The average molecular weight is 329 g/mol. The van der Waals surface area contributed by atoms with Crippen molar-refractivity contribution in [3.8, 4) is 0 Å². The molecule has 1 unspecified atom stereocenters. The van der Waals surface area contributed by atoms with Gasteiger partial charge in [0.1, 0.15) is 17.6 Å². The second kappa shape index (κ2) is 6.91. The Morgan fingerprint density at radius 3 is 2.95 bits per heavy atom. The molecule has 1 fully saturated rings. The predicted molar refractivity (Wildman–Crippen MR) is 77.5 cm³/mol. The zero-order valence-electron chi connectivity index (χ0n) is 12.3. The Hall–Kier alpha value is -1.90. The molecule has 1 aliphatic rings. The summed E-state index contributed by atoms with van der Waals surface area (Å²) in [6.45, 7) is 2.23. The van der Waals surface area contributed by atoms with Gasteiger partial charge in [-0.25, -0.2) is 8.42 Å². The minimum atomic E-state index is -3.66. The standard InChI is InChI=1S/C13H19N3O5S/c1-9-6-10(16-21-9)7-22(19,20)8-12(17)15-11-4-2-3-5-14-13(11)18/h6,11H,2-5,7-8H2,1H3,(H,14,18)(H,15,17). The molecular formula is C13H19N3O5S. The fourth-order valence-electron chi connectivity index (χ4n) is 2.28. The first-order valence-corrected chi connectivity index (χ1v) is 8.87. The van der Waals surface area contributed by atoms with Crippen LogP contribution in [0, 0.1) is 6.92 Å². The van der Waals surface area contributed by atoms with Crippen LogP contribution in [0.4, 0.5) is 0 Å². The summed E-state index contributed by atoms with van der Waals surface area (Å²) in [6, 6.07) is 0.841. The van der Waals surface area contributed by atoms with E-state index in [1.807, 2.05) is 0 Å². The summed E-state index contributed by atoms with van der Waals surface area (Å²) in [7, 11) is -3.66. The Morgan fingerprint density at radius 2 is 2.27 bits per heavy atom. The number of aryl methyl sites for hydroxylation is 1. The van der Waals surface area contributed by atoms with Crippen LogP contribution < -0.4 is 10.6 Å². The molecule has 0 bridgehead atoms. The van der Waals surface area contributed by atoms with Gasteiger partial charge in [0.25, 0.3) is 0 Å². The quantitative estimate of drug-likeness (QED) is 0.764. The van der Waals surface area contributed by atoms with Crippen molar-refractivity contribution in [3.63, 3.8) is 0 Å². The minimum Gasteiger partial charge on any atom is -0.361 e. The highest BCUT2D eigenvalue weighted by molar-refractivity contribution is 7.91. The van der Waals surface area contributed by atoms with Crippen LogP contribution in [0.1, 0.15) is 30.7 Å². The van der Waals surface area contributed by atoms with Crippen molar-refractivity contribution in [2.45, 2.75) is 38.0 Å². The van der Waals surface area contributed by atoms with E-state index in [2.05, 4.69) is 15.8 Å². The fourth-order valence-corrected chi connectivity index (χ4v) is 3.45. The van der Waals surface area contributed by atoms with Gasteiger partial charge in [-0.15, -0.1) is 0 Å². The first-order chi connectivity index (χ1) is 10.4. The van der Waals surface area contributed by atoms with E-state index in [-0.39, 0.29) is 17.4 Å². The molecule has 0 saturated carbocycles. The molecular weight excluding hydrogens is 310 g/mol. The number of sulfone groups is 1. The van der Waals surface area contributed by atoms with E-state index in [0.717, 1.165) is 12.8 Å². The van der Waals surface area contributed by atoms with Gasteiger partial charge in [-0.05, 0) is 26.2 Å². The lowest BCUT2D eigenvalue weighted by atomic mass is 10.1. The summed E-state index contributed by atoms with van der Waals surface area (Å²) in [5, 5.41) is 8.76. The Kier molecular flexibility index (Phi) is 5.17. The number of aromatic nitrogens is 1. The Labute approximate surface area is 128 Å². The van der Waals surface area contributed by atoms with Gasteiger partial charge in [0.05, 0.1) is 11.4 Å². The molecule has 2 rings (SSSR count). The largest absolute Gasteiger partial charge is 0.361 e. The lowest BCUT2D eigenvalue weighted by Crippen LogP contribution is -2.47. The molecule has 0 spiro atoms. The number of carbonyl (C=O) groups is 2. The number of nitrogens with zero attached hydrogens (tertiary/aromatic N) is 1. The van der Waals surface area contributed by atoms with Crippen molar-refractivity contribution in [1.29, 1.82) is 0 Å². The molecule has 22 heavy (non-hydrogen) atoms. The van der Waals surface area contributed by atoms with Gasteiger partial charge in [0.2, 0.25) is 11.8 Å². The van der Waals surface area contributed by atoms with E-state index < -0.39 is 27.5 Å². The third-order valence-corrected chi connectivity index (χ3v) is 4.70. The molecule has 1 aromatic rings. The topological polar surface area (TPSA) is 118 Å². The van der Waals surface area contributed by atoms with Crippen LogP contribution in [0.25, 0.3) is 0 Å². The second-order valence-corrected chi connectivity index (χ2v) is 7.43. The Morgan fingerprint density at radius 1 is 1.50 bits per heavy atom. The number of carbonyl (C=O) groups excluding carboxylic acids is 2. The number of amides is 2. The molecule has 2 heterocycles. The lowest BCUT2D eigenvalue weighted by Gasteiger charge is -2.15. The van der Waals surface area contributed by atoms with E-state index in [1.54, 1.807) is 6.92 Å². The molecule has 1 saturated heterocycles. The van der Waals surface area contributed by atoms with Crippen LogP contribution in [0.5, 0.6) is 0 Å². The van der Waals surface area contributed by atoms with Crippen LogP contribution >= 0.6 is 0 Å². The zero-order valence-corrected chi connectivity index (χ0v) is 13.1. The fraction of sp³-hybridized carbons (Fsp3) is 0.615. The van der Waals surface area contributed by atoms with Crippen molar-refractivity contribution in [3.05, 3.63) is 17.5 Å². The third kappa shape index (κ3) is 4.83. The molecule has 9 heteroatoms. The highest BCUT2D eigenvalue weighted by Crippen LogP contribution is 2.08. The molecule has 1 atom stereocenters. The molecule has 0 radical (unpaired) electrons. The van der Waals surface area contributed by atoms with Crippen molar-refractivity contribution in [2.24, 2.45) is 0 Å². The third-order valence-electron chi connectivity index (χ3n) is 3.27. The molecule has 2 N–H and O–H groups in total. The van der Waals surface area contributed by atoms with E-state index >= 15 is 0 Å². The van der Waals surface area contributed by atoms with E-state index in [1.165, 1.54) is 6.07 Å². The summed E-state index contributed by atoms with van der Waals surface area (Å²) in [5.41, 5.74) is 0.262. The van der Waals surface area contributed by atoms with Crippen LogP contribution in [0.15, 0.2) is 10.6 Å². The normalized spacial score (nSPS) is 19.3. The summed E-state index contributed by atoms with van der Waals surface area (Å²) in [5.74, 6) is -1.49. The molecule has 0 aliphatic carbocycles. The molecule has 1 aromatic heterocycles. The molecule has 122 valence electrons. The summed E-state index contributed by atoms with van der Waals surface area (Å²) < 4.78 is 28.7. The van der Waals surface area contributed by atoms with E-state index in [4.69, 9.17) is 4.52 Å². The Bertz CT molecular complexity index is 652. The SMILES string of the molecule is Cc1cc(CS(=O)(=O)CC(=O)NC2CCCCNC2=O)no1. The van der Waals surface area contributed by atoms with Gasteiger partial charge in [-0.3, -0.25) is 9.59 Å². The van der Waals surface area contributed by atoms with Gasteiger partial charge in [-0.2, -0.15) is 0 Å². The number of rotatable bonds is 5. The number of hydrogen-bond acceptors (Lipinski definition) is 6. The van der Waals surface area contributed by atoms with E-state index in [0.29, 0.717) is 18.7 Å². The summed E-state index contributed by atoms with van der Waals surface area (Å²) in [6.07, 6.45) is 2.16. The van der Waals surface area contributed by atoms with E-state index in [9.17, 15) is 18.0 Å². The minimum absolute atomic E-state index is 0.262. The van der Waals surface area contributed by atoms with Crippen LogP contribution in [0.2, 0.25) is 0 Å². The smallest absolute Gasteiger partial charge is 0.242 e. The highest BCUT2D eigenvalue weighted by Gasteiger charge is 2.25. The van der Waals surface area contributed by atoms with Crippen LogP contribution in [-0.2, 0) is 25.2 Å². The summed E-state index contributed by atoms with van der Waals surface area (Å²) in [4.78, 5) is 23.6. The maximum atomic E-state index is 12.0. The Balaban J connectivity index is 1.91. The maximum Gasteiger partial charge on any atom is 0.242 e. The van der Waals surface area contributed by atoms with Gasteiger partial charge >= 0.3 is 0 Å². The average Bonchev–Trinajstić information content (AvgIpc) is 2.69. The predicted octanol–water partition coefficient (Wildman–Crippen LogP) is -0.317. The van der Waals surface area contributed by atoms with Crippen molar-refractivity contribution in [1.82, 2.24) is 15.8 Å². The highest BCUT2D eigenvalue weighted by atomic mass is 32.2. The van der Waals surface area contributed by atoms with Gasteiger partial charge in [0, 0.05) is 12.6 Å². The van der Waals surface area contributed by atoms with Crippen molar-refractivity contribution < 1.29 is 22.5 Å². The van der Waals surface area contributed by atoms with Crippen molar-refractivity contribution >= 4 is 21.7 Å². The number of nitrogens with one attached hydrogen (secondary N) is 2. The van der Waals surface area contributed by atoms with Gasteiger partial charge in [-0.1, -0.05) is 5.16 Å². The first kappa shape index (κ1) is 16.5. The number of hydrogen-bond donors (Lipinski definition) is 2. The molecule has 1 aliphatic heterocycles.